The van der Waals surface area contributed by atoms with Crippen molar-refractivity contribution in [2.24, 2.45) is 0 Å². The fourth-order valence-corrected chi connectivity index (χ4v) is 1.59. The van der Waals surface area contributed by atoms with Crippen LogP contribution in [0.5, 0.6) is 0 Å². The Hall–Kier alpha value is -1.86. The maximum Gasteiger partial charge on any atom is 0.314 e. The molecule has 19 heavy (non-hydrogen) atoms. The largest absolute Gasteiger partial charge is 0.415 e. The number of ether oxygens (including phenoxy) is 2. The first-order valence-electron chi connectivity index (χ1n) is 5.43. The van der Waals surface area contributed by atoms with E-state index in [4.69, 9.17) is 13.9 Å². The molecule has 0 aliphatic heterocycles. The van der Waals surface area contributed by atoms with Gasteiger partial charge in [-0.2, -0.15) is 8.78 Å². The predicted octanol–water partition coefficient (Wildman–Crippen LogP) is 2.97. The van der Waals surface area contributed by atoms with Crippen LogP contribution in [-0.4, -0.2) is 24.4 Å². The highest BCUT2D eigenvalue weighted by atomic mass is 19.3. The third-order valence-electron chi connectivity index (χ3n) is 2.49. The minimum Gasteiger partial charge on any atom is -0.415 e. The standard InChI is InChI=1S/C12H12F2N2O3/c1-17-12(18-2)8-5-3-7(4-6-8)10-15-16-11(19-10)9(13)14/h3-6,9,12H,1-2H3. The van der Waals surface area contributed by atoms with E-state index in [1.54, 1.807) is 24.3 Å². The number of hydrogen-bond donors (Lipinski definition) is 0. The van der Waals surface area contributed by atoms with Crippen LogP contribution < -0.4 is 0 Å². The zero-order valence-electron chi connectivity index (χ0n) is 10.3. The molecule has 0 aliphatic carbocycles. The van der Waals surface area contributed by atoms with Gasteiger partial charge in [-0.05, 0) is 12.1 Å². The zero-order valence-corrected chi connectivity index (χ0v) is 10.3. The summed E-state index contributed by atoms with van der Waals surface area (Å²) < 4.78 is 39.7. The fraction of sp³-hybridized carbons (Fsp3) is 0.333. The molecule has 102 valence electrons. The van der Waals surface area contributed by atoms with E-state index in [9.17, 15) is 8.78 Å². The van der Waals surface area contributed by atoms with Crippen molar-refractivity contribution in [2.75, 3.05) is 14.2 Å². The number of hydrogen-bond acceptors (Lipinski definition) is 5. The second kappa shape index (κ2) is 5.85. The summed E-state index contributed by atoms with van der Waals surface area (Å²) in [5.41, 5.74) is 1.34. The van der Waals surface area contributed by atoms with Crippen LogP contribution >= 0.6 is 0 Å². The summed E-state index contributed by atoms with van der Waals surface area (Å²) in [6.07, 6.45) is -3.25. The van der Waals surface area contributed by atoms with Crippen molar-refractivity contribution in [3.05, 3.63) is 35.7 Å². The SMILES string of the molecule is COC(OC)c1ccc(-c2nnc(C(F)F)o2)cc1. The molecule has 0 radical (unpaired) electrons. The van der Waals surface area contributed by atoms with E-state index >= 15 is 0 Å². The van der Waals surface area contributed by atoms with E-state index in [1.807, 2.05) is 0 Å². The molecule has 5 nitrogen and oxygen atoms in total. The smallest absolute Gasteiger partial charge is 0.314 e. The summed E-state index contributed by atoms with van der Waals surface area (Å²) in [7, 11) is 3.05. The van der Waals surface area contributed by atoms with Crippen molar-refractivity contribution in [2.45, 2.75) is 12.7 Å². The van der Waals surface area contributed by atoms with E-state index in [-0.39, 0.29) is 5.89 Å². The van der Waals surface area contributed by atoms with Gasteiger partial charge in [0.2, 0.25) is 5.89 Å². The lowest BCUT2D eigenvalue weighted by atomic mass is 10.1. The Morgan fingerprint density at radius 3 is 2.16 bits per heavy atom. The number of halogens is 2. The van der Waals surface area contributed by atoms with Gasteiger partial charge >= 0.3 is 6.43 Å². The molecule has 7 heteroatoms. The number of aromatic nitrogens is 2. The number of rotatable bonds is 5. The predicted molar refractivity (Wildman–Crippen MR) is 61.5 cm³/mol. The van der Waals surface area contributed by atoms with Gasteiger partial charge in [0.05, 0.1) is 0 Å². The van der Waals surface area contributed by atoms with Gasteiger partial charge in [0, 0.05) is 25.3 Å². The quantitative estimate of drug-likeness (QED) is 0.782. The zero-order chi connectivity index (χ0) is 13.8. The molecule has 0 bridgehead atoms. The molecule has 0 fully saturated rings. The van der Waals surface area contributed by atoms with Gasteiger partial charge in [0.25, 0.3) is 5.89 Å². The molecule has 1 heterocycles. The van der Waals surface area contributed by atoms with Crippen LogP contribution in [0.1, 0.15) is 24.2 Å². The van der Waals surface area contributed by atoms with Crippen LogP contribution in [0.15, 0.2) is 28.7 Å². The van der Waals surface area contributed by atoms with E-state index in [0.717, 1.165) is 5.56 Å². The summed E-state index contributed by atoms with van der Waals surface area (Å²) in [5.74, 6) is -0.640. The van der Waals surface area contributed by atoms with Crippen LogP contribution in [0, 0.1) is 0 Å². The summed E-state index contributed by atoms with van der Waals surface area (Å²) in [5, 5.41) is 6.83. The van der Waals surface area contributed by atoms with Gasteiger partial charge in [0.1, 0.15) is 0 Å². The highest BCUT2D eigenvalue weighted by Crippen LogP contribution is 2.25. The maximum absolute atomic E-state index is 12.3. The molecule has 0 unspecified atom stereocenters. The van der Waals surface area contributed by atoms with Crippen molar-refractivity contribution < 1.29 is 22.7 Å². The molecule has 0 N–H and O–H groups in total. The minimum atomic E-state index is -2.77. The van der Waals surface area contributed by atoms with E-state index in [0.29, 0.717) is 5.56 Å². The van der Waals surface area contributed by atoms with Gasteiger partial charge < -0.3 is 13.9 Å². The van der Waals surface area contributed by atoms with E-state index in [1.165, 1.54) is 14.2 Å². The normalized spacial score (nSPS) is 11.5. The Bertz CT molecular complexity index is 524. The average molecular weight is 270 g/mol. The second-order valence-corrected chi connectivity index (χ2v) is 3.67. The summed E-state index contributed by atoms with van der Waals surface area (Å²) >= 11 is 0. The van der Waals surface area contributed by atoms with Gasteiger partial charge in [0.15, 0.2) is 6.29 Å². The molecule has 2 rings (SSSR count). The third kappa shape index (κ3) is 2.94. The molecule has 0 saturated carbocycles. The summed E-state index contributed by atoms with van der Waals surface area (Å²) in [6, 6.07) is 6.81. The number of benzene rings is 1. The monoisotopic (exact) mass is 270 g/mol. The van der Waals surface area contributed by atoms with Gasteiger partial charge in [-0.15, -0.1) is 10.2 Å². The van der Waals surface area contributed by atoms with Crippen molar-refractivity contribution in [3.63, 3.8) is 0 Å². The van der Waals surface area contributed by atoms with Crippen LogP contribution in [-0.2, 0) is 9.47 Å². The molecular weight excluding hydrogens is 258 g/mol. The topological polar surface area (TPSA) is 57.4 Å². The molecule has 1 aromatic heterocycles. The van der Waals surface area contributed by atoms with Crippen molar-refractivity contribution in [1.29, 1.82) is 0 Å². The molecule has 2 aromatic rings. The van der Waals surface area contributed by atoms with E-state index in [2.05, 4.69) is 10.2 Å². The first kappa shape index (κ1) is 13.6. The highest BCUT2D eigenvalue weighted by molar-refractivity contribution is 5.53. The van der Waals surface area contributed by atoms with Crippen LogP contribution in [0.3, 0.4) is 0 Å². The lowest BCUT2D eigenvalue weighted by molar-refractivity contribution is -0.106. The van der Waals surface area contributed by atoms with Crippen LogP contribution in [0.25, 0.3) is 11.5 Å². The molecule has 0 spiro atoms. The first-order chi connectivity index (χ1) is 9.15. The molecule has 1 aromatic carbocycles. The Morgan fingerprint density at radius 1 is 1.05 bits per heavy atom. The molecular formula is C12H12F2N2O3. The van der Waals surface area contributed by atoms with Crippen molar-refractivity contribution in [3.8, 4) is 11.5 Å². The average Bonchev–Trinajstić information content (AvgIpc) is 2.91. The maximum atomic E-state index is 12.3. The second-order valence-electron chi connectivity index (χ2n) is 3.67. The number of alkyl halides is 2. The summed E-state index contributed by atoms with van der Waals surface area (Å²) in [6.45, 7) is 0. The Balaban J connectivity index is 2.21. The Kier molecular flexibility index (Phi) is 4.18. The van der Waals surface area contributed by atoms with Crippen LogP contribution in [0.2, 0.25) is 0 Å². The van der Waals surface area contributed by atoms with E-state index < -0.39 is 18.6 Å². The molecule has 0 saturated heterocycles. The van der Waals surface area contributed by atoms with Gasteiger partial charge in [-0.1, -0.05) is 12.1 Å². The van der Waals surface area contributed by atoms with Gasteiger partial charge in [-0.3, -0.25) is 0 Å². The Morgan fingerprint density at radius 2 is 1.68 bits per heavy atom. The lowest BCUT2D eigenvalue weighted by Gasteiger charge is -2.13. The number of nitrogens with zero attached hydrogens (tertiary/aromatic N) is 2. The Labute approximate surface area is 108 Å². The lowest BCUT2D eigenvalue weighted by Crippen LogP contribution is -2.03. The molecule has 0 aliphatic rings. The molecule has 0 atom stereocenters. The highest BCUT2D eigenvalue weighted by Gasteiger charge is 2.17. The van der Waals surface area contributed by atoms with Crippen molar-refractivity contribution >= 4 is 0 Å². The fourth-order valence-electron chi connectivity index (χ4n) is 1.59. The van der Waals surface area contributed by atoms with Crippen LogP contribution in [0.4, 0.5) is 8.78 Å². The molecule has 0 amide bonds. The summed E-state index contributed by atoms with van der Waals surface area (Å²) in [4.78, 5) is 0. The van der Waals surface area contributed by atoms with Gasteiger partial charge in [-0.25, -0.2) is 0 Å². The number of methoxy groups -OCH3 is 2. The minimum absolute atomic E-state index is 0.0493. The third-order valence-corrected chi connectivity index (χ3v) is 2.49. The first-order valence-corrected chi connectivity index (χ1v) is 5.43. The van der Waals surface area contributed by atoms with Crippen molar-refractivity contribution in [1.82, 2.24) is 10.2 Å².